The monoisotopic (exact) mass is 308 g/mol. The highest BCUT2D eigenvalue weighted by Crippen LogP contribution is 2.40. The van der Waals surface area contributed by atoms with Gasteiger partial charge in [0.2, 0.25) is 0 Å². The molecule has 23 heavy (non-hydrogen) atoms. The van der Waals surface area contributed by atoms with Crippen LogP contribution < -0.4 is 4.90 Å². The van der Waals surface area contributed by atoms with Gasteiger partial charge < -0.3 is 9.80 Å². The molecule has 1 aromatic rings. The molecule has 5 nitrogen and oxygen atoms in total. The number of fused-ring (bicyclic) bond motifs is 2. The summed E-state index contributed by atoms with van der Waals surface area (Å²) in [5, 5.41) is 1.82. The fourth-order valence-electron chi connectivity index (χ4n) is 3.15. The summed E-state index contributed by atoms with van der Waals surface area (Å²) >= 11 is 0. The lowest BCUT2D eigenvalue weighted by molar-refractivity contribution is -0.0951. The number of para-hydroxylation sites is 1. The zero-order valence-electron chi connectivity index (χ0n) is 13.6. The van der Waals surface area contributed by atoms with Crippen molar-refractivity contribution in [3.8, 4) is 0 Å². The van der Waals surface area contributed by atoms with E-state index in [4.69, 9.17) is 9.83 Å². The van der Waals surface area contributed by atoms with E-state index in [9.17, 15) is 0 Å². The Morgan fingerprint density at radius 2 is 1.96 bits per heavy atom. The third-order valence-electron chi connectivity index (χ3n) is 4.61. The van der Waals surface area contributed by atoms with Crippen molar-refractivity contribution in [3.05, 3.63) is 65.5 Å². The first-order valence-electron chi connectivity index (χ1n) is 7.80. The lowest BCUT2D eigenvalue weighted by atomic mass is 9.95. The minimum absolute atomic E-state index is 0.305. The first kappa shape index (κ1) is 14.1. The van der Waals surface area contributed by atoms with Gasteiger partial charge in [-0.3, -0.25) is 9.83 Å². The third kappa shape index (κ3) is 2.16. The molecule has 118 valence electrons. The van der Waals surface area contributed by atoms with Crippen LogP contribution in [0.25, 0.3) is 0 Å². The van der Waals surface area contributed by atoms with Crippen molar-refractivity contribution in [2.75, 3.05) is 18.7 Å². The number of hydroxylamine groups is 2. The Morgan fingerprint density at radius 3 is 2.70 bits per heavy atom. The van der Waals surface area contributed by atoms with Crippen LogP contribution in [-0.2, 0) is 4.84 Å². The van der Waals surface area contributed by atoms with Crippen LogP contribution in [0.4, 0.5) is 5.69 Å². The average molecular weight is 308 g/mol. The first-order chi connectivity index (χ1) is 11.2. The number of hydrogen-bond donors (Lipinski definition) is 0. The predicted molar refractivity (Wildman–Crippen MR) is 91.0 cm³/mol. The Bertz CT molecular complexity index is 748. The molecule has 1 aromatic carbocycles. The Morgan fingerprint density at radius 1 is 1.17 bits per heavy atom. The largest absolute Gasteiger partial charge is 0.302 e. The Kier molecular flexibility index (Phi) is 3.23. The molecule has 3 heterocycles. The van der Waals surface area contributed by atoms with Crippen LogP contribution in [0.5, 0.6) is 0 Å². The minimum atomic E-state index is 0.305. The molecule has 1 atom stereocenters. The Hall–Kier alpha value is -2.53. The van der Waals surface area contributed by atoms with Gasteiger partial charge in [-0.2, -0.15) is 0 Å². The van der Waals surface area contributed by atoms with Crippen LogP contribution in [-0.4, -0.2) is 30.0 Å². The summed E-state index contributed by atoms with van der Waals surface area (Å²) in [6.45, 7) is 5.04. The van der Waals surface area contributed by atoms with E-state index in [2.05, 4.69) is 54.1 Å². The molecule has 1 unspecified atom stereocenters. The van der Waals surface area contributed by atoms with Crippen LogP contribution in [0.3, 0.4) is 0 Å². The molecule has 0 aliphatic carbocycles. The molecule has 0 spiro atoms. The van der Waals surface area contributed by atoms with Crippen LogP contribution in [0.1, 0.15) is 13.8 Å². The number of anilines is 1. The maximum Gasteiger partial charge on any atom is 0.142 e. The first-order valence-corrected chi connectivity index (χ1v) is 7.80. The molecule has 3 aliphatic rings. The van der Waals surface area contributed by atoms with E-state index in [1.165, 1.54) is 5.57 Å². The number of hydrogen-bond acceptors (Lipinski definition) is 5. The predicted octanol–water partition coefficient (Wildman–Crippen LogP) is 3.28. The summed E-state index contributed by atoms with van der Waals surface area (Å²) in [5.41, 5.74) is 4.59. The van der Waals surface area contributed by atoms with E-state index in [0.717, 1.165) is 22.9 Å². The minimum Gasteiger partial charge on any atom is -0.302 e. The van der Waals surface area contributed by atoms with Crippen molar-refractivity contribution in [3.63, 3.8) is 0 Å². The van der Waals surface area contributed by atoms with E-state index in [0.29, 0.717) is 12.6 Å². The molecule has 4 rings (SSSR count). The number of benzene rings is 1. The maximum atomic E-state index is 5.37. The van der Waals surface area contributed by atoms with Crippen molar-refractivity contribution < 1.29 is 4.84 Å². The van der Waals surface area contributed by atoms with Gasteiger partial charge in [-0.15, -0.1) is 0 Å². The zero-order valence-corrected chi connectivity index (χ0v) is 13.6. The number of nitrogens with zero attached hydrogens (tertiary/aromatic N) is 4. The average Bonchev–Trinajstić information content (AvgIpc) is 3.02. The molecule has 0 amide bonds. The SMILES string of the molecule is CON1C=C2C=NC3=C(N2C1)N(c1ccccc1)C=C(C)C3C. The van der Waals surface area contributed by atoms with Gasteiger partial charge in [0.15, 0.2) is 0 Å². The van der Waals surface area contributed by atoms with Crippen LogP contribution in [0, 0.1) is 5.92 Å². The molecular formula is C18H20N4O. The van der Waals surface area contributed by atoms with Gasteiger partial charge in [-0.1, -0.05) is 25.1 Å². The normalized spacial score (nSPS) is 22.9. The van der Waals surface area contributed by atoms with Gasteiger partial charge in [-0.05, 0) is 24.6 Å². The molecule has 0 N–H and O–H groups in total. The van der Waals surface area contributed by atoms with E-state index >= 15 is 0 Å². The highest BCUT2D eigenvalue weighted by molar-refractivity contribution is 5.82. The fourth-order valence-corrected chi connectivity index (χ4v) is 3.15. The topological polar surface area (TPSA) is 31.3 Å². The van der Waals surface area contributed by atoms with E-state index in [1.54, 1.807) is 7.11 Å². The summed E-state index contributed by atoms with van der Waals surface area (Å²) in [5.74, 6) is 1.42. The van der Waals surface area contributed by atoms with Crippen molar-refractivity contribution in [2.45, 2.75) is 13.8 Å². The number of aliphatic imine (C=N–C) groups is 1. The molecule has 0 bridgehead atoms. The summed E-state index contributed by atoms with van der Waals surface area (Å²) in [6, 6.07) is 10.4. The third-order valence-corrected chi connectivity index (χ3v) is 4.61. The molecule has 3 aliphatic heterocycles. The van der Waals surface area contributed by atoms with Gasteiger partial charge in [0.05, 0.1) is 30.9 Å². The quantitative estimate of drug-likeness (QED) is 0.839. The smallest absolute Gasteiger partial charge is 0.142 e. The van der Waals surface area contributed by atoms with Gasteiger partial charge in [-0.25, -0.2) is 5.06 Å². The molecule has 0 radical (unpaired) electrons. The van der Waals surface area contributed by atoms with Crippen molar-refractivity contribution in [2.24, 2.45) is 10.9 Å². The number of rotatable bonds is 2. The Labute approximate surface area is 136 Å². The van der Waals surface area contributed by atoms with Gasteiger partial charge in [0, 0.05) is 17.8 Å². The van der Waals surface area contributed by atoms with Crippen molar-refractivity contribution in [1.82, 2.24) is 9.96 Å². The summed E-state index contributed by atoms with van der Waals surface area (Å²) in [6.07, 6.45) is 6.12. The van der Waals surface area contributed by atoms with Gasteiger partial charge >= 0.3 is 0 Å². The van der Waals surface area contributed by atoms with Crippen molar-refractivity contribution >= 4 is 11.9 Å². The van der Waals surface area contributed by atoms with E-state index < -0.39 is 0 Å². The molecule has 0 saturated carbocycles. The fraction of sp³-hybridized carbons (Fsp3) is 0.278. The lowest BCUT2D eigenvalue weighted by Crippen LogP contribution is -2.39. The molecule has 5 heteroatoms. The summed E-state index contributed by atoms with van der Waals surface area (Å²) < 4.78 is 0. The highest BCUT2D eigenvalue weighted by atomic mass is 16.7. The second kappa shape index (κ2) is 5.28. The van der Waals surface area contributed by atoms with Gasteiger partial charge in [0.1, 0.15) is 12.5 Å². The highest BCUT2D eigenvalue weighted by Gasteiger charge is 2.36. The second-order valence-electron chi connectivity index (χ2n) is 5.99. The van der Waals surface area contributed by atoms with Crippen LogP contribution in [0.15, 0.2) is 70.5 Å². The molecule has 0 saturated heterocycles. The molecular weight excluding hydrogens is 288 g/mol. The summed E-state index contributed by atoms with van der Waals surface area (Å²) in [4.78, 5) is 14.6. The standard InChI is InChI=1S/C18H20N4O/c1-13-10-21(15-7-5-4-6-8-15)18-17(14(13)2)19-9-16-11-20(23-3)12-22(16)18/h4-11,14H,12H2,1-3H3. The van der Waals surface area contributed by atoms with E-state index in [1.807, 2.05) is 23.5 Å². The van der Waals surface area contributed by atoms with Crippen LogP contribution in [0.2, 0.25) is 0 Å². The number of allylic oxidation sites excluding steroid dienone is 2. The Balaban J connectivity index is 1.82. The van der Waals surface area contributed by atoms with E-state index in [-0.39, 0.29) is 0 Å². The van der Waals surface area contributed by atoms with Crippen LogP contribution >= 0.6 is 0 Å². The molecule has 0 fully saturated rings. The maximum absolute atomic E-state index is 5.37. The van der Waals surface area contributed by atoms with Gasteiger partial charge in [0.25, 0.3) is 0 Å². The summed E-state index contributed by atoms with van der Waals surface area (Å²) in [7, 11) is 1.68. The molecule has 0 aromatic heterocycles. The second-order valence-corrected chi connectivity index (χ2v) is 5.99. The lowest BCUT2D eigenvalue weighted by Gasteiger charge is -2.40. The zero-order chi connectivity index (χ0) is 16.0. The van der Waals surface area contributed by atoms with Crippen molar-refractivity contribution in [1.29, 1.82) is 0 Å².